The van der Waals surface area contributed by atoms with E-state index >= 15 is 0 Å². The summed E-state index contributed by atoms with van der Waals surface area (Å²) in [7, 11) is 0. The fourth-order valence-electron chi connectivity index (χ4n) is 2.00. The molecular weight excluding hydrogens is 228 g/mol. The number of aliphatic hydroxyl groups is 1. The minimum atomic E-state index is 0.139. The quantitative estimate of drug-likeness (QED) is 0.809. The molecule has 0 spiro atoms. The highest BCUT2D eigenvalue weighted by Gasteiger charge is 2.17. The number of benzene rings is 1. The number of aliphatic hydroxyl groups excluding tert-OH is 1. The summed E-state index contributed by atoms with van der Waals surface area (Å²) in [5.74, 6) is 2.06. The molecule has 102 valence electrons. The van der Waals surface area contributed by atoms with Gasteiger partial charge in [-0.2, -0.15) is 0 Å². The van der Waals surface area contributed by atoms with Crippen LogP contribution >= 0.6 is 0 Å². The lowest BCUT2D eigenvalue weighted by Crippen LogP contribution is -2.11. The topological polar surface area (TPSA) is 38.7 Å². The van der Waals surface area contributed by atoms with Crippen LogP contribution in [0.3, 0.4) is 0 Å². The van der Waals surface area contributed by atoms with Crippen LogP contribution < -0.4 is 9.47 Å². The van der Waals surface area contributed by atoms with E-state index in [-0.39, 0.29) is 12.5 Å². The van der Waals surface area contributed by atoms with E-state index in [1.54, 1.807) is 0 Å². The van der Waals surface area contributed by atoms with Gasteiger partial charge < -0.3 is 14.6 Å². The first-order valence-corrected chi connectivity index (χ1v) is 6.64. The normalized spacial score (nSPS) is 12.6. The monoisotopic (exact) mass is 252 g/mol. The van der Waals surface area contributed by atoms with Gasteiger partial charge in [0.15, 0.2) is 11.5 Å². The molecule has 0 amide bonds. The summed E-state index contributed by atoms with van der Waals surface area (Å²) in [6.07, 6.45) is 0. The SMILES string of the molecule is CCOc1ccc(C(CO)C(C)C)cc1OCC. The first-order chi connectivity index (χ1) is 8.63. The van der Waals surface area contributed by atoms with Gasteiger partial charge in [0.2, 0.25) is 0 Å². The summed E-state index contributed by atoms with van der Waals surface area (Å²) < 4.78 is 11.1. The summed E-state index contributed by atoms with van der Waals surface area (Å²) >= 11 is 0. The van der Waals surface area contributed by atoms with E-state index in [1.807, 2.05) is 32.0 Å². The standard InChI is InChI=1S/C15H24O3/c1-5-17-14-8-7-12(9-15(14)18-6-2)13(10-16)11(3)4/h7-9,11,13,16H,5-6,10H2,1-4H3. The summed E-state index contributed by atoms with van der Waals surface area (Å²) in [5.41, 5.74) is 1.10. The molecule has 0 fully saturated rings. The van der Waals surface area contributed by atoms with Gasteiger partial charge >= 0.3 is 0 Å². The molecule has 0 saturated heterocycles. The molecule has 1 atom stereocenters. The molecule has 0 aliphatic heterocycles. The Morgan fingerprint density at radius 2 is 1.67 bits per heavy atom. The Bertz CT molecular complexity index is 361. The van der Waals surface area contributed by atoms with E-state index in [0.29, 0.717) is 19.1 Å². The lowest BCUT2D eigenvalue weighted by Gasteiger charge is -2.20. The van der Waals surface area contributed by atoms with Crippen molar-refractivity contribution in [3.8, 4) is 11.5 Å². The number of hydrogen-bond donors (Lipinski definition) is 1. The van der Waals surface area contributed by atoms with E-state index in [4.69, 9.17) is 9.47 Å². The molecule has 0 aromatic heterocycles. The Morgan fingerprint density at radius 1 is 1.06 bits per heavy atom. The number of hydrogen-bond acceptors (Lipinski definition) is 3. The molecule has 0 saturated carbocycles. The first-order valence-electron chi connectivity index (χ1n) is 6.64. The highest BCUT2D eigenvalue weighted by molar-refractivity contribution is 5.44. The minimum absolute atomic E-state index is 0.139. The maximum Gasteiger partial charge on any atom is 0.161 e. The minimum Gasteiger partial charge on any atom is -0.490 e. The van der Waals surface area contributed by atoms with E-state index < -0.39 is 0 Å². The molecule has 1 aromatic rings. The van der Waals surface area contributed by atoms with Crippen molar-refractivity contribution in [1.82, 2.24) is 0 Å². The zero-order valence-corrected chi connectivity index (χ0v) is 11.8. The van der Waals surface area contributed by atoms with Gasteiger partial charge in [-0.25, -0.2) is 0 Å². The fourth-order valence-corrected chi connectivity index (χ4v) is 2.00. The van der Waals surface area contributed by atoms with Crippen LogP contribution in [0.2, 0.25) is 0 Å². The molecule has 0 aliphatic carbocycles. The van der Waals surface area contributed by atoms with Gasteiger partial charge in [0.05, 0.1) is 19.8 Å². The third-order valence-electron chi connectivity index (χ3n) is 3.00. The Morgan fingerprint density at radius 3 is 2.17 bits per heavy atom. The van der Waals surface area contributed by atoms with E-state index in [1.165, 1.54) is 0 Å². The van der Waals surface area contributed by atoms with E-state index in [0.717, 1.165) is 17.1 Å². The lowest BCUT2D eigenvalue weighted by atomic mass is 9.89. The van der Waals surface area contributed by atoms with Crippen molar-refractivity contribution < 1.29 is 14.6 Å². The molecule has 3 heteroatoms. The van der Waals surface area contributed by atoms with Crippen molar-refractivity contribution in [1.29, 1.82) is 0 Å². The van der Waals surface area contributed by atoms with Gasteiger partial charge in [0, 0.05) is 5.92 Å². The predicted octanol–water partition coefficient (Wildman–Crippen LogP) is 3.22. The smallest absolute Gasteiger partial charge is 0.161 e. The maximum absolute atomic E-state index is 9.47. The largest absolute Gasteiger partial charge is 0.490 e. The van der Waals surface area contributed by atoms with Crippen LogP contribution in [-0.4, -0.2) is 24.9 Å². The highest BCUT2D eigenvalue weighted by Crippen LogP contribution is 2.33. The van der Waals surface area contributed by atoms with Crippen molar-refractivity contribution >= 4 is 0 Å². The van der Waals surface area contributed by atoms with Gasteiger partial charge in [0.25, 0.3) is 0 Å². The number of ether oxygens (including phenoxy) is 2. The van der Waals surface area contributed by atoms with Gasteiger partial charge in [0.1, 0.15) is 0 Å². The second-order valence-corrected chi connectivity index (χ2v) is 4.61. The highest BCUT2D eigenvalue weighted by atomic mass is 16.5. The molecular formula is C15H24O3. The summed E-state index contributed by atoms with van der Waals surface area (Å²) in [6, 6.07) is 5.92. The Kier molecular flexibility index (Phi) is 5.99. The van der Waals surface area contributed by atoms with Gasteiger partial charge in [-0.15, -0.1) is 0 Å². The Balaban J connectivity index is 3.04. The van der Waals surface area contributed by atoms with Gasteiger partial charge in [-0.05, 0) is 37.5 Å². The van der Waals surface area contributed by atoms with Gasteiger partial charge in [-0.3, -0.25) is 0 Å². The zero-order chi connectivity index (χ0) is 13.5. The van der Waals surface area contributed by atoms with Gasteiger partial charge in [-0.1, -0.05) is 19.9 Å². The molecule has 0 radical (unpaired) electrons. The molecule has 1 rings (SSSR count). The van der Waals surface area contributed by atoms with E-state index in [2.05, 4.69) is 13.8 Å². The Hall–Kier alpha value is -1.22. The second kappa shape index (κ2) is 7.27. The maximum atomic E-state index is 9.47. The average Bonchev–Trinajstić information content (AvgIpc) is 2.33. The van der Waals surface area contributed by atoms with Crippen LogP contribution in [0.5, 0.6) is 11.5 Å². The molecule has 3 nitrogen and oxygen atoms in total. The summed E-state index contributed by atoms with van der Waals surface area (Å²) in [6.45, 7) is 9.50. The summed E-state index contributed by atoms with van der Waals surface area (Å²) in [5, 5.41) is 9.47. The predicted molar refractivity (Wildman–Crippen MR) is 73.4 cm³/mol. The van der Waals surface area contributed by atoms with Crippen LogP contribution in [0.15, 0.2) is 18.2 Å². The van der Waals surface area contributed by atoms with Crippen LogP contribution in [0, 0.1) is 5.92 Å². The molecule has 0 bridgehead atoms. The first kappa shape index (κ1) is 14.8. The van der Waals surface area contributed by atoms with E-state index in [9.17, 15) is 5.11 Å². The third-order valence-corrected chi connectivity index (χ3v) is 3.00. The Labute approximate surface area is 110 Å². The average molecular weight is 252 g/mol. The lowest BCUT2D eigenvalue weighted by molar-refractivity contribution is 0.236. The van der Waals surface area contributed by atoms with Crippen LogP contribution in [0.4, 0.5) is 0 Å². The summed E-state index contributed by atoms with van der Waals surface area (Å²) in [4.78, 5) is 0. The van der Waals surface area contributed by atoms with Crippen molar-refractivity contribution in [3.63, 3.8) is 0 Å². The zero-order valence-electron chi connectivity index (χ0n) is 11.8. The molecule has 1 unspecified atom stereocenters. The molecule has 0 aliphatic rings. The molecule has 0 heterocycles. The van der Waals surface area contributed by atoms with Crippen molar-refractivity contribution in [2.45, 2.75) is 33.6 Å². The van der Waals surface area contributed by atoms with Crippen molar-refractivity contribution in [2.75, 3.05) is 19.8 Å². The number of rotatable bonds is 7. The van der Waals surface area contributed by atoms with Crippen LogP contribution in [0.25, 0.3) is 0 Å². The second-order valence-electron chi connectivity index (χ2n) is 4.61. The van der Waals surface area contributed by atoms with Crippen LogP contribution in [0.1, 0.15) is 39.2 Å². The van der Waals surface area contributed by atoms with Crippen molar-refractivity contribution in [2.24, 2.45) is 5.92 Å². The molecule has 1 N–H and O–H groups in total. The third kappa shape index (κ3) is 3.64. The molecule has 1 aromatic carbocycles. The molecule has 18 heavy (non-hydrogen) atoms. The van der Waals surface area contributed by atoms with Crippen LogP contribution in [-0.2, 0) is 0 Å². The fraction of sp³-hybridized carbons (Fsp3) is 0.600. The van der Waals surface area contributed by atoms with Crippen molar-refractivity contribution in [3.05, 3.63) is 23.8 Å².